The summed E-state index contributed by atoms with van der Waals surface area (Å²) in [4.78, 5) is 11.8. The molecule has 3 aromatic carbocycles. The highest BCUT2D eigenvalue weighted by Gasteiger charge is 2.20. The molecule has 3 nitrogen and oxygen atoms in total. The standard InChI is InChI=1S/C20H18O3/c1-23-18-8-4-5-14(11-18)12-19(20(21)22)17-10-9-15-6-2-3-7-16(15)13-17/h2-11,13,19H,12H2,1H3,(H,21,22). The molecule has 0 bridgehead atoms. The third-order valence-corrected chi connectivity index (χ3v) is 4.05. The Hall–Kier alpha value is -2.81. The second-order valence-electron chi connectivity index (χ2n) is 5.55. The predicted octanol–water partition coefficient (Wildman–Crippen LogP) is 4.26. The van der Waals surface area contributed by atoms with Crippen LogP contribution in [0.2, 0.25) is 0 Å². The Balaban J connectivity index is 1.95. The summed E-state index contributed by atoms with van der Waals surface area (Å²) in [7, 11) is 1.61. The van der Waals surface area contributed by atoms with Gasteiger partial charge in [0.15, 0.2) is 0 Å². The summed E-state index contributed by atoms with van der Waals surface area (Å²) in [6.07, 6.45) is 0.435. The normalized spacial score (nSPS) is 12.0. The number of fused-ring (bicyclic) bond motifs is 1. The molecule has 0 aliphatic rings. The molecule has 0 aromatic heterocycles. The van der Waals surface area contributed by atoms with E-state index in [1.807, 2.05) is 66.7 Å². The highest BCUT2D eigenvalue weighted by Crippen LogP contribution is 2.26. The Morgan fingerprint density at radius 1 is 1.00 bits per heavy atom. The van der Waals surface area contributed by atoms with Crippen molar-refractivity contribution in [3.05, 3.63) is 77.9 Å². The minimum absolute atomic E-state index is 0.435. The zero-order valence-corrected chi connectivity index (χ0v) is 12.9. The Kier molecular flexibility index (Phi) is 4.29. The lowest BCUT2D eigenvalue weighted by molar-refractivity contribution is -0.138. The Morgan fingerprint density at radius 3 is 2.52 bits per heavy atom. The van der Waals surface area contributed by atoms with Crippen LogP contribution in [0, 0.1) is 0 Å². The lowest BCUT2D eigenvalue weighted by atomic mass is 9.90. The first-order valence-corrected chi connectivity index (χ1v) is 7.52. The van der Waals surface area contributed by atoms with Crippen molar-refractivity contribution in [1.29, 1.82) is 0 Å². The molecular formula is C20H18O3. The molecule has 3 heteroatoms. The van der Waals surface area contributed by atoms with E-state index >= 15 is 0 Å². The van der Waals surface area contributed by atoms with Crippen LogP contribution in [-0.4, -0.2) is 18.2 Å². The van der Waals surface area contributed by atoms with Crippen LogP contribution in [0.3, 0.4) is 0 Å². The monoisotopic (exact) mass is 306 g/mol. The predicted molar refractivity (Wildman–Crippen MR) is 91.0 cm³/mol. The summed E-state index contributed by atoms with van der Waals surface area (Å²) in [6.45, 7) is 0. The third-order valence-electron chi connectivity index (χ3n) is 4.05. The van der Waals surface area contributed by atoms with Crippen molar-refractivity contribution in [1.82, 2.24) is 0 Å². The van der Waals surface area contributed by atoms with Crippen LogP contribution in [0.25, 0.3) is 10.8 Å². The van der Waals surface area contributed by atoms with Gasteiger partial charge >= 0.3 is 5.97 Å². The van der Waals surface area contributed by atoms with E-state index in [1.165, 1.54) is 0 Å². The van der Waals surface area contributed by atoms with E-state index in [9.17, 15) is 9.90 Å². The first-order valence-electron chi connectivity index (χ1n) is 7.52. The van der Waals surface area contributed by atoms with Crippen LogP contribution in [0.15, 0.2) is 66.7 Å². The highest BCUT2D eigenvalue weighted by molar-refractivity contribution is 5.85. The fourth-order valence-electron chi connectivity index (χ4n) is 2.81. The van der Waals surface area contributed by atoms with E-state index in [0.29, 0.717) is 6.42 Å². The molecule has 3 aromatic rings. The quantitative estimate of drug-likeness (QED) is 0.766. The summed E-state index contributed by atoms with van der Waals surface area (Å²) in [6, 6.07) is 21.4. The number of methoxy groups -OCH3 is 1. The number of rotatable bonds is 5. The molecule has 23 heavy (non-hydrogen) atoms. The molecule has 0 spiro atoms. The van der Waals surface area contributed by atoms with Crippen LogP contribution in [0.5, 0.6) is 5.75 Å². The number of carbonyl (C=O) groups is 1. The SMILES string of the molecule is COc1cccc(CC(C(=O)O)c2ccc3ccccc3c2)c1. The smallest absolute Gasteiger partial charge is 0.311 e. The van der Waals surface area contributed by atoms with E-state index in [-0.39, 0.29) is 0 Å². The zero-order valence-electron chi connectivity index (χ0n) is 12.9. The average Bonchev–Trinajstić information content (AvgIpc) is 2.59. The van der Waals surface area contributed by atoms with Crippen molar-refractivity contribution < 1.29 is 14.6 Å². The molecule has 0 aliphatic heterocycles. The van der Waals surface area contributed by atoms with Gasteiger partial charge in [-0.3, -0.25) is 4.79 Å². The number of hydrogen-bond acceptors (Lipinski definition) is 2. The zero-order chi connectivity index (χ0) is 16.2. The van der Waals surface area contributed by atoms with Gasteiger partial charge in [-0.25, -0.2) is 0 Å². The first kappa shape index (κ1) is 15.1. The average molecular weight is 306 g/mol. The maximum Gasteiger partial charge on any atom is 0.311 e. The van der Waals surface area contributed by atoms with Crippen molar-refractivity contribution in [3.63, 3.8) is 0 Å². The van der Waals surface area contributed by atoms with Gasteiger partial charge < -0.3 is 9.84 Å². The van der Waals surface area contributed by atoms with Crippen LogP contribution in [-0.2, 0) is 11.2 Å². The molecule has 0 fully saturated rings. The maximum absolute atomic E-state index is 11.8. The Labute approximate surface area is 135 Å². The summed E-state index contributed by atoms with van der Waals surface area (Å²) in [5.41, 5.74) is 1.77. The minimum atomic E-state index is -0.817. The van der Waals surface area contributed by atoms with Gasteiger partial charge in [0, 0.05) is 0 Å². The van der Waals surface area contributed by atoms with Crippen molar-refractivity contribution >= 4 is 16.7 Å². The second kappa shape index (κ2) is 6.53. The number of carboxylic acids is 1. The summed E-state index contributed by atoms with van der Waals surface area (Å²) >= 11 is 0. The molecule has 3 rings (SSSR count). The van der Waals surface area contributed by atoms with Crippen molar-refractivity contribution in [2.24, 2.45) is 0 Å². The minimum Gasteiger partial charge on any atom is -0.497 e. The lowest BCUT2D eigenvalue weighted by Crippen LogP contribution is -2.14. The third kappa shape index (κ3) is 3.34. The van der Waals surface area contributed by atoms with Crippen LogP contribution in [0.4, 0.5) is 0 Å². The largest absolute Gasteiger partial charge is 0.497 e. The van der Waals surface area contributed by atoms with Crippen molar-refractivity contribution in [2.75, 3.05) is 7.11 Å². The van der Waals surface area contributed by atoms with Gasteiger partial charge in [0.05, 0.1) is 13.0 Å². The van der Waals surface area contributed by atoms with Crippen molar-refractivity contribution in [2.45, 2.75) is 12.3 Å². The summed E-state index contributed by atoms with van der Waals surface area (Å²) in [5.74, 6) is -0.653. The van der Waals surface area contributed by atoms with Gasteiger partial charge in [0.25, 0.3) is 0 Å². The number of benzene rings is 3. The molecular weight excluding hydrogens is 288 g/mol. The number of carboxylic acid groups (broad SMARTS) is 1. The lowest BCUT2D eigenvalue weighted by Gasteiger charge is -2.14. The summed E-state index contributed by atoms with van der Waals surface area (Å²) < 4.78 is 5.21. The van der Waals surface area contributed by atoms with Crippen molar-refractivity contribution in [3.8, 4) is 5.75 Å². The van der Waals surface area contributed by atoms with E-state index < -0.39 is 11.9 Å². The molecule has 0 saturated carbocycles. The number of aliphatic carboxylic acids is 1. The van der Waals surface area contributed by atoms with Gasteiger partial charge in [0.2, 0.25) is 0 Å². The molecule has 0 aliphatic carbocycles. The van der Waals surface area contributed by atoms with E-state index in [4.69, 9.17) is 4.74 Å². The topological polar surface area (TPSA) is 46.5 Å². The van der Waals surface area contributed by atoms with E-state index in [0.717, 1.165) is 27.6 Å². The van der Waals surface area contributed by atoms with Gasteiger partial charge in [-0.15, -0.1) is 0 Å². The fraction of sp³-hybridized carbons (Fsp3) is 0.150. The molecule has 1 unspecified atom stereocenters. The van der Waals surface area contributed by atoms with Crippen LogP contribution in [0.1, 0.15) is 17.0 Å². The highest BCUT2D eigenvalue weighted by atomic mass is 16.5. The molecule has 116 valence electrons. The number of hydrogen-bond donors (Lipinski definition) is 1. The molecule has 1 atom stereocenters. The number of ether oxygens (including phenoxy) is 1. The summed E-state index contributed by atoms with van der Waals surface area (Å²) in [5, 5.41) is 11.8. The molecule has 0 radical (unpaired) electrons. The Bertz CT molecular complexity index is 839. The molecule has 0 saturated heterocycles. The second-order valence-corrected chi connectivity index (χ2v) is 5.55. The van der Waals surface area contributed by atoms with E-state index in [2.05, 4.69) is 0 Å². The van der Waals surface area contributed by atoms with Gasteiger partial charge in [0.1, 0.15) is 5.75 Å². The van der Waals surface area contributed by atoms with Crippen LogP contribution < -0.4 is 4.74 Å². The van der Waals surface area contributed by atoms with Crippen LogP contribution >= 0.6 is 0 Å². The Morgan fingerprint density at radius 2 is 1.78 bits per heavy atom. The van der Waals surface area contributed by atoms with Gasteiger partial charge in [-0.2, -0.15) is 0 Å². The van der Waals surface area contributed by atoms with E-state index in [1.54, 1.807) is 7.11 Å². The first-order chi connectivity index (χ1) is 11.2. The molecule has 0 amide bonds. The van der Waals surface area contributed by atoms with Gasteiger partial charge in [-0.1, -0.05) is 54.6 Å². The molecule has 0 heterocycles. The molecule has 1 N–H and O–H groups in total. The van der Waals surface area contributed by atoms with Gasteiger partial charge in [-0.05, 0) is 40.5 Å². The maximum atomic E-state index is 11.8. The fourth-order valence-corrected chi connectivity index (χ4v) is 2.81.